The molecule has 0 heterocycles. The third kappa shape index (κ3) is 5.00. The minimum absolute atomic E-state index is 0.395. The molecule has 0 aliphatic heterocycles. The Balaban J connectivity index is 1.28. The molecule has 6 aromatic carbocycles. The molecule has 0 atom stereocenters. The molecule has 0 fully saturated rings. The average molecular weight is 587 g/mol. The first kappa shape index (κ1) is 28.1. The number of aryl methyl sites for hydroxylation is 2. The number of rotatable bonds is 6. The van der Waals surface area contributed by atoms with Crippen molar-refractivity contribution in [2.45, 2.75) is 19.3 Å². The lowest BCUT2D eigenvalue weighted by Crippen LogP contribution is -2.28. The van der Waals surface area contributed by atoms with E-state index < -0.39 is 17.4 Å². The maximum absolute atomic E-state index is 12.9. The van der Waals surface area contributed by atoms with Gasteiger partial charge in [0.1, 0.15) is 11.5 Å². The minimum atomic E-state index is -0.647. The molecule has 0 amide bonds. The lowest BCUT2D eigenvalue weighted by atomic mass is 9.68. The Labute approximate surface area is 262 Å². The number of ether oxygens (including phenoxy) is 2. The van der Waals surface area contributed by atoms with Crippen LogP contribution in [-0.2, 0) is 5.41 Å². The van der Waals surface area contributed by atoms with Gasteiger partial charge in [-0.2, -0.15) is 0 Å². The number of benzene rings is 6. The lowest BCUT2D eigenvalue weighted by Gasteiger charge is -2.34. The van der Waals surface area contributed by atoms with Gasteiger partial charge in [-0.15, -0.1) is 0 Å². The fourth-order valence-electron chi connectivity index (χ4n) is 6.36. The van der Waals surface area contributed by atoms with Crippen LogP contribution in [0.25, 0.3) is 11.1 Å². The van der Waals surface area contributed by atoms with Crippen molar-refractivity contribution >= 4 is 11.9 Å². The van der Waals surface area contributed by atoms with Gasteiger partial charge in [0, 0.05) is 0 Å². The molecule has 218 valence electrons. The number of hydrogen-bond donors (Lipinski definition) is 0. The second-order valence-corrected chi connectivity index (χ2v) is 11.4. The molecule has 0 bridgehead atoms. The molecule has 45 heavy (non-hydrogen) atoms. The first-order chi connectivity index (χ1) is 21.9. The molecule has 1 aliphatic carbocycles. The maximum Gasteiger partial charge on any atom is 0.343 e. The van der Waals surface area contributed by atoms with Gasteiger partial charge in [-0.25, -0.2) is 9.59 Å². The third-order valence-electron chi connectivity index (χ3n) is 8.49. The van der Waals surface area contributed by atoms with E-state index in [1.165, 1.54) is 0 Å². The van der Waals surface area contributed by atoms with E-state index in [9.17, 15) is 9.59 Å². The van der Waals surface area contributed by atoms with Crippen LogP contribution in [-0.4, -0.2) is 11.9 Å². The topological polar surface area (TPSA) is 52.6 Å². The van der Waals surface area contributed by atoms with Crippen molar-refractivity contribution in [3.8, 4) is 22.6 Å². The van der Waals surface area contributed by atoms with Gasteiger partial charge >= 0.3 is 11.9 Å². The Bertz CT molecular complexity index is 1990. The van der Waals surface area contributed by atoms with Crippen LogP contribution in [0.15, 0.2) is 146 Å². The van der Waals surface area contributed by atoms with Crippen LogP contribution >= 0.6 is 0 Å². The number of esters is 2. The van der Waals surface area contributed by atoms with Gasteiger partial charge in [-0.1, -0.05) is 108 Å². The van der Waals surface area contributed by atoms with Gasteiger partial charge in [0.25, 0.3) is 0 Å². The predicted molar refractivity (Wildman–Crippen MR) is 176 cm³/mol. The summed E-state index contributed by atoms with van der Waals surface area (Å²) >= 11 is 0. The van der Waals surface area contributed by atoms with E-state index in [1.54, 1.807) is 18.2 Å². The van der Waals surface area contributed by atoms with E-state index in [1.807, 2.05) is 92.7 Å². The van der Waals surface area contributed by atoms with E-state index in [4.69, 9.17) is 9.47 Å². The second-order valence-electron chi connectivity index (χ2n) is 11.4. The zero-order valence-electron chi connectivity index (χ0n) is 25.0. The van der Waals surface area contributed by atoms with Crippen molar-refractivity contribution in [1.82, 2.24) is 0 Å². The van der Waals surface area contributed by atoms with E-state index in [0.717, 1.165) is 44.5 Å². The van der Waals surface area contributed by atoms with Crippen LogP contribution in [0.5, 0.6) is 11.5 Å². The highest BCUT2D eigenvalue weighted by Crippen LogP contribution is 2.56. The van der Waals surface area contributed by atoms with Gasteiger partial charge in [-0.05, 0) is 95.8 Å². The average Bonchev–Trinajstić information content (AvgIpc) is 3.37. The second kappa shape index (κ2) is 11.4. The summed E-state index contributed by atoms with van der Waals surface area (Å²) in [5, 5.41) is 0. The SMILES string of the molecule is Cc1ccc(C(=O)Oc2ccc(C3(c4ccc(OC(=O)c5cccc(C)c5)cc4)c4ccccc4-c4ccccc43)cc2)cc1. The highest BCUT2D eigenvalue weighted by molar-refractivity contribution is 5.92. The Kier molecular flexibility index (Phi) is 7.11. The van der Waals surface area contributed by atoms with Crippen LogP contribution in [0.2, 0.25) is 0 Å². The number of fused-ring (bicyclic) bond motifs is 3. The molecule has 0 N–H and O–H groups in total. The quantitative estimate of drug-likeness (QED) is 0.144. The number of carbonyl (C=O) groups excluding carboxylic acids is 2. The van der Waals surface area contributed by atoms with E-state index >= 15 is 0 Å². The molecule has 0 spiro atoms. The van der Waals surface area contributed by atoms with Gasteiger partial charge < -0.3 is 9.47 Å². The fourth-order valence-corrected chi connectivity index (χ4v) is 6.36. The summed E-state index contributed by atoms with van der Waals surface area (Å²) in [4.78, 5) is 25.7. The van der Waals surface area contributed by atoms with Gasteiger partial charge in [-0.3, -0.25) is 0 Å². The van der Waals surface area contributed by atoms with E-state index in [2.05, 4.69) is 48.5 Å². The summed E-state index contributed by atoms with van der Waals surface area (Å²) in [5.74, 6) is 0.147. The zero-order chi connectivity index (χ0) is 31.0. The van der Waals surface area contributed by atoms with Gasteiger partial charge in [0.05, 0.1) is 16.5 Å². The molecule has 0 saturated heterocycles. The smallest absolute Gasteiger partial charge is 0.343 e. The van der Waals surface area contributed by atoms with Crippen molar-refractivity contribution in [3.63, 3.8) is 0 Å². The first-order valence-electron chi connectivity index (χ1n) is 14.9. The normalized spacial score (nSPS) is 12.6. The summed E-state index contributed by atoms with van der Waals surface area (Å²) in [6, 6.07) is 47.2. The Morgan fingerprint density at radius 1 is 0.467 bits per heavy atom. The Morgan fingerprint density at radius 3 is 1.47 bits per heavy atom. The molecule has 4 heteroatoms. The molecule has 7 rings (SSSR count). The zero-order valence-corrected chi connectivity index (χ0v) is 25.0. The molecule has 0 radical (unpaired) electrons. The van der Waals surface area contributed by atoms with Crippen LogP contribution < -0.4 is 9.47 Å². The van der Waals surface area contributed by atoms with Gasteiger partial charge in [0.2, 0.25) is 0 Å². The van der Waals surface area contributed by atoms with Crippen LogP contribution in [0.3, 0.4) is 0 Å². The summed E-state index contributed by atoms with van der Waals surface area (Å²) in [6.45, 7) is 3.93. The predicted octanol–water partition coefficient (Wildman–Crippen LogP) is 9.10. The van der Waals surface area contributed by atoms with Crippen LogP contribution in [0.1, 0.15) is 54.1 Å². The summed E-state index contributed by atoms with van der Waals surface area (Å²) in [6.07, 6.45) is 0. The molecule has 6 aromatic rings. The molecular formula is C41H30O4. The van der Waals surface area contributed by atoms with Crippen molar-refractivity contribution in [3.05, 3.63) is 190 Å². The standard InChI is InChI=1S/C41H30O4/c1-27-14-16-29(17-15-27)39(42)44-33-22-18-31(19-23-33)41(37-12-5-3-10-35(37)36-11-4-6-13-38(36)41)32-20-24-34(25-21-32)45-40(43)30-9-7-8-28(2)26-30/h3-26H,1-2H3. The minimum Gasteiger partial charge on any atom is -0.423 e. The largest absolute Gasteiger partial charge is 0.423 e. The van der Waals surface area contributed by atoms with E-state index in [0.29, 0.717) is 22.6 Å². The van der Waals surface area contributed by atoms with Crippen LogP contribution in [0, 0.1) is 13.8 Å². The summed E-state index contributed by atoms with van der Waals surface area (Å²) < 4.78 is 11.5. The van der Waals surface area contributed by atoms with Crippen LogP contribution in [0.4, 0.5) is 0 Å². The number of carbonyl (C=O) groups is 2. The van der Waals surface area contributed by atoms with Crippen molar-refractivity contribution in [2.75, 3.05) is 0 Å². The number of hydrogen-bond acceptors (Lipinski definition) is 4. The highest BCUT2D eigenvalue weighted by Gasteiger charge is 2.45. The van der Waals surface area contributed by atoms with Crippen molar-refractivity contribution < 1.29 is 19.1 Å². The highest BCUT2D eigenvalue weighted by atomic mass is 16.5. The molecule has 0 saturated carbocycles. The first-order valence-corrected chi connectivity index (χ1v) is 14.9. The molecule has 0 unspecified atom stereocenters. The van der Waals surface area contributed by atoms with Crippen molar-refractivity contribution in [2.24, 2.45) is 0 Å². The Hall–Kier alpha value is -5.74. The fraction of sp³-hybridized carbons (Fsp3) is 0.0732. The molecule has 4 nitrogen and oxygen atoms in total. The van der Waals surface area contributed by atoms with Gasteiger partial charge in [0.15, 0.2) is 0 Å². The molecular weight excluding hydrogens is 556 g/mol. The molecule has 0 aromatic heterocycles. The maximum atomic E-state index is 12.9. The monoisotopic (exact) mass is 586 g/mol. The van der Waals surface area contributed by atoms with Crippen molar-refractivity contribution in [1.29, 1.82) is 0 Å². The van der Waals surface area contributed by atoms with E-state index in [-0.39, 0.29) is 0 Å². The Morgan fingerprint density at radius 2 is 0.956 bits per heavy atom. The molecule has 1 aliphatic rings. The summed E-state index contributed by atoms with van der Waals surface area (Å²) in [7, 11) is 0. The summed E-state index contributed by atoms with van der Waals surface area (Å²) in [5.41, 5.74) is 9.13. The lowest BCUT2D eigenvalue weighted by molar-refractivity contribution is 0.0725. The third-order valence-corrected chi connectivity index (χ3v) is 8.49.